The van der Waals surface area contributed by atoms with Crippen LogP contribution in [0.3, 0.4) is 0 Å². The van der Waals surface area contributed by atoms with Crippen LogP contribution in [0.4, 0.5) is 5.13 Å². The fraction of sp³-hybridized carbons (Fsp3) is 0.423. The molecule has 184 valence electrons. The molecular weight excluding hydrogens is 478 g/mol. The molecular formula is C26H31N5O2S2. The maximum absolute atomic E-state index is 12.0. The number of fused-ring (bicyclic) bond motifs is 1. The molecule has 35 heavy (non-hydrogen) atoms. The quantitative estimate of drug-likeness (QED) is 0.392. The lowest BCUT2D eigenvalue weighted by Gasteiger charge is -2.48. The lowest BCUT2D eigenvalue weighted by atomic mass is 9.79. The Balaban J connectivity index is 1.40. The highest BCUT2D eigenvalue weighted by Gasteiger charge is 2.39. The second kappa shape index (κ2) is 8.43. The van der Waals surface area contributed by atoms with Crippen molar-refractivity contribution in [2.45, 2.75) is 57.7 Å². The summed E-state index contributed by atoms with van der Waals surface area (Å²) in [6.07, 6.45) is 3.82. The van der Waals surface area contributed by atoms with Crippen LogP contribution < -0.4 is 15.8 Å². The molecule has 5 rings (SSSR count). The average molecular weight is 510 g/mol. The standard InChI is InChI=1S/C26H31N5O2S2/c1-25(2)13-17(14-26(3,4)29-25)31(6)24-28-23-22(35-24)27-21(34-23)18-8-7-15(11-19(18)32)16-9-10-30(5)20(33)12-16/h7-12,17,29,32H,13-14H2,1-6H3. The van der Waals surface area contributed by atoms with Gasteiger partial charge in [0.25, 0.3) is 5.56 Å². The second-order valence-corrected chi connectivity index (χ2v) is 12.7. The van der Waals surface area contributed by atoms with E-state index in [9.17, 15) is 9.90 Å². The minimum atomic E-state index is -0.0883. The third-order valence-electron chi connectivity index (χ3n) is 6.65. The van der Waals surface area contributed by atoms with E-state index in [4.69, 9.17) is 9.97 Å². The first-order valence-corrected chi connectivity index (χ1v) is 13.3. The Morgan fingerprint density at radius 3 is 2.31 bits per heavy atom. The van der Waals surface area contributed by atoms with E-state index >= 15 is 0 Å². The molecule has 1 aromatic carbocycles. The molecule has 4 heterocycles. The molecule has 0 unspecified atom stereocenters. The SMILES string of the molecule is CN(c1nc2sc(-c3ccc(-c4ccn(C)c(=O)c4)cc3O)nc2s1)C1CC(C)(C)NC(C)(C)C1. The number of aromatic hydroxyl groups is 1. The molecule has 1 aliphatic heterocycles. The van der Waals surface area contributed by atoms with E-state index in [1.807, 2.05) is 18.2 Å². The predicted molar refractivity (Wildman–Crippen MR) is 146 cm³/mol. The normalized spacial score (nSPS) is 17.7. The average Bonchev–Trinajstić information content (AvgIpc) is 3.32. The molecule has 1 fully saturated rings. The summed E-state index contributed by atoms with van der Waals surface area (Å²) in [7, 11) is 3.85. The molecule has 0 bridgehead atoms. The van der Waals surface area contributed by atoms with E-state index in [0.29, 0.717) is 11.6 Å². The summed E-state index contributed by atoms with van der Waals surface area (Å²) in [6.45, 7) is 9.05. The maximum atomic E-state index is 12.0. The van der Waals surface area contributed by atoms with Gasteiger partial charge in [0.05, 0.1) is 5.56 Å². The third-order valence-corrected chi connectivity index (χ3v) is 8.80. The molecule has 0 spiro atoms. The number of aryl methyl sites for hydroxylation is 1. The van der Waals surface area contributed by atoms with Crippen LogP contribution in [0.15, 0.2) is 41.3 Å². The molecule has 0 amide bonds. The lowest BCUT2D eigenvalue weighted by molar-refractivity contribution is 0.161. The van der Waals surface area contributed by atoms with Gasteiger partial charge < -0.3 is 19.9 Å². The number of nitrogens with zero attached hydrogens (tertiary/aromatic N) is 4. The summed E-state index contributed by atoms with van der Waals surface area (Å²) >= 11 is 3.09. The number of anilines is 1. The minimum absolute atomic E-state index is 0.0666. The number of piperidine rings is 1. The second-order valence-electron chi connectivity index (χ2n) is 10.8. The van der Waals surface area contributed by atoms with Crippen LogP contribution in [0.2, 0.25) is 0 Å². The molecule has 0 atom stereocenters. The fourth-order valence-electron chi connectivity index (χ4n) is 5.22. The van der Waals surface area contributed by atoms with Gasteiger partial charge in [-0.15, -0.1) is 0 Å². The minimum Gasteiger partial charge on any atom is -0.507 e. The van der Waals surface area contributed by atoms with Gasteiger partial charge in [-0.1, -0.05) is 28.7 Å². The topological polar surface area (TPSA) is 83.3 Å². The van der Waals surface area contributed by atoms with Crippen LogP contribution in [0.25, 0.3) is 31.4 Å². The number of hydrogen-bond acceptors (Lipinski definition) is 8. The Morgan fingerprint density at radius 2 is 1.69 bits per heavy atom. The summed E-state index contributed by atoms with van der Waals surface area (Å²) in [6, 6.07) is 9.28. The Morgan fingerprint density at radius 1 is 1.03 bits per heavy atom. The Labute approximate surface area is 213 Å². The van der Waals surface area contributed by atoms with Crippen molar-refractivity contribution in [3.8, 4) is 27.4 Å². The van der Waals surface area contributed by atoms with E-state index in [1.165, 1.54) is 15.9 Å². The molecule has 0 saturated carbocycles. The largest absolute Gasteiger partial charge is 0.507 e. The Hall–Kier alpha value is -2.75. The number of phenols is 1. The number of hydrogen-bond donors (Lipinski definition) is 2. The zero-order valence-corrected chi connectivity index (χ0v) is 22.5. The number of benzene rings is 1. The maximum Gasteiger partial charge on any atom is 0.250 e. The Kier molecular flexibility index (Phi) is 5.77. The monoisotopic (exact) mass is 509 g/mol. The zero-order chi connectivity index (χ0) is 25.1. The van der Waals surface area contributed by atoms with Crippen LogP contribution in [0.1, 0.15) is 40.5 Å². The number of nitrogens with one attached hydrogen (secondary N) is 1. The first kappa shape index (κ1) is 24.0. The summed E-state index contributed by atoms with van der Waals surface area (Å²) in [5, 5.41) is 16.2. The molecule has 1 aliphatic rings. The molecule has 0 aliphatic carbocycles. The molecule has 2 N–H and O–H groups in total. The van der Waals surface area contributed by atoms with Crippen LogP contribution in [0.5, 0.6) is 5.75 Å². The van der Waals surface area contributed by atoms with Crippen molar-refractivity contribution in [2.75, 3.05) is 11.9 Å². The highest BCUT2D eigenvalue weighted by atomic mass is 32.1. The van der Waals surface area contributed by atoms with Gasteiger partial charge in [0.1, 0.15) is 10.8 Å². The number of pyridine rings is 1. The van der Waals surface area contributed by atoms with Crippen molar-refractivity contribution in [1.82, 2.24) is 19.9 Å². The van der Waals surface area contributed by atoms with Crippen molar-refractivity contribution < 1.29 is 5.11 Å². The smallest absolute Gasteiger partial charge is 0.250 e. The van der Waals surface area contributed by atoms with Crippen LogP contribution in [0, 0.1) is 0 Å². The fourth-order valence-corrected chi connectivity index (χ4v) is 7.32. The van der Waals surface area contributed by atoms with Crippen molar-refractivity contribution in [1.29, 1.82) is 0 Å². The number of thiazole rings is 2. The van der Waals surface area contributed by atoms with E-state index in [-0.39, 0.29) is 22.4 Å². The van der Waals surface area contributed by atoms with Crippen LogP contribution in [-0.4, -0.2) is 43.8 Å². The molecule has 0 radical (unpaired) electrons. The predicted octanol–water partition coefficient (Wildman–Crippen LogP) is 5.24. The molecule has 9 heteroatoms. The molecule has 1 saturated heterocycles. The molecule has 4 aromatic rings. The Bertz CT molecular complexity index is 1420. The zero-order valence-electron chi connectivity index (χ0n) is 20.9. The van der Waals surface area contributed by atoms with Crippen molar-refractivity contribution in [2.24, 2.45) is 7.05 Å². The first-order valence-electron chi connectivity index (χ1n) is 11.7. The van der Waals surface area contributed by atoms with E-state index < -0.39 is 0 Å². The summed E-state index contributed by atoms with van der Waals surface area (Å²) in [4.78, 5) is 25.8. The van der Waals surface area contributed by atoms with Gasteiger partial charge in [-0.25, -0.2) is 9.97 Å². The van der Waals surface area contributed by atoms with Crippen LogP contribution >= 0.6 is 22.7 Å². The highest BCUT2D eigenvalue weighted by molar-refractivity contribution is 7.29. The van der Waals surface area contributed by atoms with Gasteiger partial charge in [0.15, 0.2) is 14.8 Å². The number of phenolic OH excluding ortho intramolecular Hbond substituents is 1. The van der Waals surface area contributed by atoms with E-state index in [1.54, 1.807) is 36.7 Å². The molecule has 3 aromatic heterocycles. The van der Waals surface area contributed by atoms with Gasteiger partial charge in [-0.3, -0.25) is 4.79 Å². The third kappa shape index (κ3) is 4.72. The van der Waals surface area contributed by atoms with Gasteiger partial charge in [0, 0.05) is 43.5 Å². The highest BCUT2D eigenvalue weighted by Crippen LogP contribution is 2.41. The van der Waals surface area contributed by atoms with E-state index in [0.717, 1.165) is 43.8 Å². The summed E-state index contributed by atoms with van der Waals surface area (Å²) < 4.78 is 1.52. The van der Waals surface area contributed by atoms with E-state index in [2.05, 4.69) is 45.0 Å². The number of rotatable bonds is 4. The number of aromatic nitrogens is 3. The summed E-state index contributed by atoms with van der Waals surface area (Å²) in [5.41, 5.74) is 2.28. The van der Waals surface area contributed by atoms with Crippen molar-refractivity contribution >= 4 is 37.5 Å². The first-order chi connectivity index (χ1) is 16.4. The van der Waals surface area contributed by atoms with Gasteiger partial charge in [0.2, 0.25) is 0 Å². The van der Waals surface area contributed by atoms with Crippen LogP contribution in [-0.2, 0) is 7.05 Å². The van der Waals surface area contributed by atoms with Gasteiger partial charge in [-0.2, -0.15) is 0 Å². The lowest BCUT2D eigenvalue weighted by Crippen LogP contribution is -2.61. The molecule has 7 nitrogen and oxygen atoms in total. The van der Waals surface area contributed by atoms with Crippen molar-refractivity contribution in [3.63, 3.8) is 0 Å². The van der Waals surface area contributed by atoms with Gasteiger partial charge >= 0.3 is 0 Å². The van der Waals surface area contributed by atoms with Crippen molar-refractivity contribution in [3.05, 3.63) is 46.9 Å². The summed E-state index contributed by atoms with van der Waals surface area (Å²) in [5.74, 6) is 0.140. The van der Waals surface area contributed by atoms with Gasteiger partial charge in [-0.05, 0) is 69.9 Å².